The van der Waals surface area contributed by atoms with Gasteiger partial charge >= 0.3 is 0 Å². The van der Waals surface area contributed by atoms with Crippen LogP contribution >= 0.6 is 0 Å². The van der Waals surface area contributed by atoms with E-state index in [-0.39, 0.29) is 17.6 Å². The van der Waals surface area contributed by atoms with Crippen molar-refractivity contribution in [2.75, 3.05) is 5.32 Å². The minimum Gasteiger partial charge on any atom is -0.319 e. The van der Waals surface area contributed by atoms with Crippen molar-refractivity contribution in [2.45, 2.75) is 52.9 Å². The zero-order valence-electron chi connectivity index (χ0n) is 15.8. The topological polar surface area (TPSA) is 46.2 Å². The first-order valence-corrected chi connectivity index (χ1v) is 8.68. The van der Waals surface area contributed by atoms with E-state index in [0.717, 1.165) is 22.4 Å². The molecule has 0 fully saturated rings. The molecule has 0 saturated carbocycles. The van der Waals surface area contributed by atoms with Gasteiger partial charge in [0.15, 0.2) is 0 Å². The summed E-state index contributed by atoms with van der Waals surface area (Å²) >= 11 is 0. The quantitative estimate of drug-likeness (QED) is 0.801. The Morgan fingerprint density at radius 3 is 2.04 bits per heavy atom. The number of ketones is 1. The maximum absolute atomic E-state index is 12.3. The minimum atomic E-state index is -0.536. The van der Waals surface area contributed by atoms with Crippen LogP contribution < -0.4 is 5.32 Å². The number of carbonyl (C=O) groups excluding carboxylic acids is 2. The van der Waals surface area contributed by atoms with Crippen LogP contribution in [-0.2, 0) is 21.4 Å². The molecule has 0 aliphatic heterocycles. The highest BCUT2D eigenvalue weighted by Crippen LogP contribution is 2.29. The average Bonchev–Trinajstić information content (AvgIpc) is 2.55. The number of aryl methyl sites for hydroxylation is 3. The standard InChI is InChI=1S/C22H27NO2/c1-15-13-18(22(3,4)5)14-16(2)20(15)23-21(25)19(24)12-11-17-9-7-6-8-10-17/h6-10,13-14H,11-12H2,1-5H3,(H,23,25). The Bertz CT molecular complexity index is 747. The predicted molar refractivity (Wildman–Crippen MR) is 103 cm³/mol. The normalized spacial score (nSPS) is 11.2. The van der Waals surface area contributed by atoms with E-state index in [4.69, 9.17) is 0 Å². The third kappa shape index (κ3) is 5.02. The first-order valence-electron chi connectivity index (χ1n) is 8.68. The number of amides is 1. The van der Waals surface area contributed by atoms with Gasteiger partial charge < -0.3 is 5.32 Å². The molecule has 2 aromatic carbocycles. The van der Waals surface area contributed by atoms with Gasteiger partial charge in [0.05, 0.1) is 0 Å². The number of nitrogens with one attached hydrogen (secondary N) is 1. The maximum Gasteiger partial charge on any atom is 0.291 e. The van der Waals surface area contributed by atoms with E-state index in [1.165, 1.54) is 5.56 Å². The van der Waals surface area contributed by atoms with Gasteiger partial charge in [0.25, 0.3) is 5.91 Å². The SMILES string of the molecule is Cc1cc(C(C)(C)C)cc(C)c1NC(=O)C(=O)CCc1ccccc1. The lowest BCUT2D eigenvalue weighted by atomic mass is 9.85. The molecular weight excluding hydrogens is 310 g/mol. The summed E-state index contributed by atoms with van der Waals surface area (Å²) in [5, 5.41) is 2.80. The fourth-order valence-electron chi connectivity index (χ4n) is 2.79. The van der Waals surface area contributed by atoms with Crippen LogP contribution in [0.5, 0.6) is 0 Å². The first-order chi connectivity index (χ1) is 11.7. The lowest BCUT2D eigenvalue weighted by Crippen LogP contribution is -2.24. The van der Waals surface area contributed by atoms with E-state index >= 15 is 0 Å². The molecule has 0 spiro atoms. The molecule has 0 aliphatic carbocycles. The monoisotopic (exact) mass is 337 g/mol. The van der Waals surface area contributed by atoms with Crippen LogP contribution in [0.3, 0.4) is 0 Å². The number of hydrogen-bond acceptors (Lipinski definition) is 2. The number of benzene rings is 2. The number of hydrogen-bond donors (Lipinski definition) is 1. The van der Waals surface area contributed by atoms with Crippen LogP contribution in [0.15, 0.2) is 42.5 Å². The number of carbonyl (C=O) groups is 2. The molecule has 0 atom stereocenters. The van der Waals surface area contributed by atoms with Crippen molar-refractivity contribution in [3.8, 4) is 0 Å². The Labute approximate surface area is 150 Å². The van der Waals surface area contributed by atoms with Crippen LogP contribution in [0.1, 0.15) is 49.4 Å². The molecule has 2 aromatic rings. The average molecular weight is 337 g/mol. The van der Waals surface area contributed by atoms with Gasteiger partial charge in [-0.1, -0.05) is 63.2 Å². The van der Waals surface area contributed by atoms with Gasteiger partial charge in [-0.3, -0.25) is 9.59 Å². The summed E-state index contributed by atoms with van der Waals surface area (Å²) in [5.74, 6) is -0.923. The molecule has 25 heavy (non-hydrogen) atoms. The fraction of sp³-hybridized carbons (Fsp3) is 0.364. The summed E-state index contributed by atoms with van der Waals surface area (Å²) in [6, 6.07) is 13.9. The third-order valence-corrected chi connectivity index (χ3v) is 4.37. The molecule has 132 valence electrons. The summed E-state index contributed by atoms with van der Waals surface area (Å²) in [5.41, 5.74) is 5.03. The Morgan fingerprint density at radius 1 is 0.960 bits per heavy atom. The van der Waals surface area contributed by atoms with E-state index in [0.29, 0.717) is 6.42 Å². The molecule has 0 aromatic heterocycles. The van der Waals surface area contributed by atoms with Crippen molar-refractivity contribution < 1.29 is 9.59 Å². The van der Waals surface area contributed by atoms with Crippen molar-refractivity contribution in [1.29, 1.82) is 0 Å². The van der Waals surface area contributed by atoms with Crippen LogP contribution in [0.25, 0.3) is 0 Å². The van der Waals surface area contributed by atoms with Crippen molar-refractivity contribution in [3.63, 3.8) is 0 Å². The summed E-state index contributed by atoms with van der Waals surface area (Å²) in [6.45, 7) is 10.4. The van der Waals surface area contributed by atoms with Crippen LogP contribution in [0.2, 0.25) is 0 Å². The summed E-state index contributed by atoms with van der Waals surface area (Å²) in [6.07, 6.45) is 0.794. The van der Waals surface area contributed by atoms with Gasteiger partial charge in [0.1, 0.15) is 0 Å². The van der Waals surface area contributed by atoms with Crippen LogP contribution in [0, 0.1) is 13.8 Å². The van der Waals surface area contributed by atoms with Crippen molar-refractivity contribution in [2.24, 2.45) is 0 Å². The molecule has 3 heteroatoms. The Hall–Kier alpha value is -2.42. The Balaban J connectivity index is 2.06. The van der Waals surface area contributed by atoms with Gasteiger partial charge in [-0.15, -0.1) is 0 Å². The summed E-state index contributed by atoms with van der Waals surface area (Å²) in [4.78, 5) is 24.4. The third-order valence-electron chi connectivity index (χ3n) is 4.37. The molecule has 2 rings (SSSR count). The van der Waals surface area contributed by atoms with Gasteiger partial charge in [0, 0.05) is 12.1 Å². The molecule has 1 N–H and O–H groups in total. The highest BCUT2D eigenvalue weighted by atomic mass is 16.2. The van der Waals surface area contributed by atoms with E-state index in [9.17, 15) is 9.59 Å². The second-order valence-electron chi connectivity index (χ2n) is 7.60. The molecule has 0 unspecified atom stereocenters. The molecular formula is C22H27NO2. The van der Waals surface area contributed by atoms with E-state index in [1.54, 1.807) is 0 Å². The zero-order valence-corrected chi connectivity index (χ0v) is 15.8. The zero-order chi connectivity index (χ0) is 18.6. The number of Topliss-reactive ketones (excluding diaryl/α,β-unsaturated/α-hetero) is 1. The van der Waals surface area contributed by atoms with Gasteiger partial charge in [-0.05, 0) is 47.9 Å². The van der Waals surface area contributed by atoms with Gasteiger partial charge in [-0.2, -0.15) is 0 Å². The van der Waals surface area contributed by atoms with Crippen molar-refractivity contribution in [1.82, 2.24) is 0 Å². The second kappa shape index (κ2) is 7.64. The van der Waals surface area contributed by atoms with Gasteiger partial charge in [0.2, 0.25) is 5.78 Å². The van der Waals surface area contributed by atoms with E-state index in [1.807, 2.05) is 44.2 Å². The van der Waals surface area contributed by atoms with Crippen LogP contribution in [-0.4, -0.2) is 11.7 Å². The highest BCUT2D eigenvalue weighted by Gasteiger charge is 2.19. The van der Waals surface area contributed by atoms with Gasteiger partial charge in [-0.25, -0.2) is 0 Å². The number of anilines is 1. The molecule has 0 heterocycles. The predicted octanol–water partition coefficient (Wildman–Crippen LogP) is 4.74. The molecule has 1 amide bonds. The Kier molecular flexibility index (Phi) is 5.78. The van der Waals surface area contributed by atoms with E-state index in [2.05, 4.69) is 38.2 Å². The lowest BCUT2D eigenvalue weighted by Gasteiger charge is -2.22. The summed E-state index contributed by atoms with van der Waals surface area (Å²) in [7, 11) is 0. The largest absolute Gasteiger partial charge is 0.319 e. The minimum absolute atomic E-state index is 0.0452. The molecule has 0 aliphatic rings. The maximum atomic E-state index is 12.3. The lowest BCUT2D eigenvalue weighted by molar-refractivity contribution is -0.134. The van der Waals surface area contributed by atoms with Crippen molar-refractivity contribution >= 4 is 17.4 Å². The fourth-order valence-corrected chi connectivity index (χ4v) is 2.79. The molecule has 0 bridgehead atoms. The number of rotatable bonds is 5. The smallest absolute Gasteiger partial charge is 0.291 e. The molecule has 0 radical (unpaired) electrons. The Morgan fingerprint density at radius 2 is 1.52 bits per heavy atom. The van der Waals surface area contributed by atoms with Crippen LogP contribution in [0.4, 0.5) is 5.69 Å². The summed E-state index contributed by atoms with van der Waals surface area (Å²) < 4.78 is 0. The molecule has 0 saturated heterocycles. The highest BCUT2D eigenvalue weighted by molar-refractivity contribution is 6.40. The van der Waals surface area contributed by atoms with Crippen molar-refractivity contribution in [3.05, 3.63) is 64.7 Å². The second-order valence-corrected chi connectivity index (χ2v) is 7.60. The van der Waals surface area contributed by atoms with E-state index < -0.39 is 5.91 Å². The molecule has 3 nitrogen and oxygen atoms in total. The first kappa shape index (κ1) is 18.9.